The van der Waals surface area contributed by atoms with Crippen molar-refractivity contribution in [1.82, 2.24) is 0 Å². The standard InChI is InChI=1S/C50H33NO/c1-3-14-33(15-4-1)34-26-28-36(29-27-34)46-32-45(35-16-5-2-6-17-35)51(46)44-23-13-22-42-49(44)39-30-37-18-7-8-19-38(37)31-43(39)50(42)40-20-9-11-24-47(40)52-48-25-12-10-21-41(48)50/h1-32,46H. The summed E-state index contributed by atoms with van der Waals surface area (Å²) in [6, 6.07) is 68.5. The Balaban J connectivity index is 1.18. The normalized spacial score (nSPS) is 15.9. The lowest BCUT2D eigenvalue weighted by Gasteiger charge is -2.44. The molecule has 1 aliphatic carbocycles. The van der Waals surface area contributed by atoms with Crippen molar-refractivity contribution in [3.8, 4) is 33.8 Å². The van der Waals surface area contributed by atoms with Gasteiger partial charge >= 0.3 is 0 Å². The average Bonchev–Trinajstić information content (AvgIpc) is 3.48. The molecule has 2 aliphatic heterocycles. The van der Waals surface area contributed by atoms with Gasteiger partial charge in [0.05, 0.1) is 17.1 Å². The van der Waals surface area contributed by atoms with Crippen LogP contribution in [-0.4, -0.2) is 0 Å². The molecule has 8 aromatic carbocycles. The Labute approximate surface area is 303 Å². The Morgan fingerprint density at radius 1 is 0.442 bits per heavy atom. The molecule has 0 amide bonds. The van der Waals surface area contributed by atoms with E-state index in [1.54, 1.807) is 0 Å². The predicted octanol–water partition coefficient (Wildman–Crippen LogP) is 12.6. The van der Waals surface area contributed by atoms with Crippen molar-refractivity contribution in [1.29, 1.82) is 0 Å². The second-order valence-corrected chi connectivity index (χ2v) is 14.0. The molecule has 3 aliphatic rings. The second kappa shape index (κ2) is 11.2. The highest BCUT2D eigenvalue weighted by Crippen LogP contribution is 2.65. The van der Waals surface area contributed by atoms with Crippen LogP contribution in [0, 0.1) is 0 Å². The topological polar surface area (TPSA) is 12.5 Å². The van der Waals surface area contributed by atoms with Crippen LogP contribution in [0.1, 0.15) is 39.4 Å². The summed E-state index contributed by atoms with van der Waals surface area (Å²) in [5.74, 6) is 1.81. The highest BCUT2D eigenvalue weighted by molar-refractivity contribution is 6.03. The zero-order valence-corrected chi connectivity index (χ0v) is 28.4. The van der Waals surface area contributed by atoms with E-state index in [9.17, 15) is 0 Å². The first-order chi connectivity index (χ1) is 25.8. The molecule has 1 unspecified atom stereocenters. The Bertz CT molecular complexity index is 2660. The quantitative estimate of drug-likeness (QED) is 0.186. The molecule has 52 heavy (non-hydrogen) atoms. The SMILES string of the molecule is C1=C(c2ccccc2)N(c2cccc3c2-c2cc4ccccc4cc2C32c3ccccc3Oc3ccccc32)C1c1ccc(-c2ccccc2)cc1. The van der Waals surface area contributed by atoms with Crippen molar-refractivity contribution in [3.05, 3.63) is 228 Å². The van der Waals surface area contributed by atoms with E-state index < -0.39 is 5.41 Å². The molecule has 0 saturated heterocycles. The molecule has 11 rings (SSSR count). The van der Waals surface area contributed by atoms with Gasteiger partial charge < -0.3 is 9.64 Å². The van der Waals surface area contributed by atoms with Crippen LogP contribution >= 0.6 is 0 Å². The molecule has 1 atom stereocenters. The third kappa shape index (κ3) is 4.06. The molecule has 8 aromatic rings. The minimum absolute atomic E-state index is 0.0706. The first-order valence-corrected chi connectivity index (χ1v) is 18.0. The van der Waals surface area contributed by atoms with Crippen LogP contribution in [0.25, 0.3) is 38.7 Å². The molecule has 244 valence electrons. The predicted molar refractivity (Wildman–Crippen MR) is 213 cm³/mol. The van der Waals surface area contributed by atoms with E-state index in [4.69, 9.17) is 4.74 Å². The summed E-state index contributed by atoms with van der Waals surface area (Å²) in [6.07, 6.45) is 2.43. The summed E-state index contributed by atoms with van der Waals surface area (Å²) < 4.78 is 6.66. The van der Waals surface area contributed by atoms with Crippen LogP contribution in [-0.2, 0) is 5.41 Å². The molecule has 0 radical (unpaired) electrons. The van der Waals surface area contributed by atoms with E-state index in [1.165, 1.54) is 77.8 Å². The number of hydrogen-bond donors (Lipinski definition) is 0. The van der Waals surface area contributed by atoms with Crippen LogP contribution in [0.15, 0.2) is 194 Å². The van der Waals surface area contributed by atoms with Gasteiger partial charge in [0, 0.05) is 22.4 Å². The molecule has 0 saturated carbocycles. The van der Waals surface area contributed by atoms with Crippen molar-refractivity contribution in [2.24, 2.45) is 0 Å². The smallest absolute Gasteiger partial charge is 0.132 e. The lowest BCUT2D eigenvalue weighted by molar-refractivity contribution is 0.436. The third-order valence-corrected chi connectivity index (χ3v) is 11.3. The summed E-state index contributed by atoms with van der Waals surface area (Å²) in [5, 5.41) is 2.48. The van der Waals surface area contributed by atoms with E-state index in [0.29, 0.717) is 0 Å². The van der Waals surface area contributed by atoms with E-state index in [2.05, 4.69) is 199 Å². The fourth-order valence-corrected chi connectivity index (χ4v) is 9.06. The molecule has 0 N–H and O–H groups in total. The maximum absolute atomic E-state index is 6.66. The number of anilines is 1. The van der Waals surface area contributed by atoms with Crippen LogP contribution in [0.3, 0.4) is 0 Å². The van der Waals surface area contributed by atoms with Crippen LogP contribution in [0.5, 0.6) is 11.5 Å². The van der Waals surface area contributed by atoms with Gasteiger partial charge in [-0.05, 0) is 86.1 Å². The first-order valence-electron chi connectivity index (χ1n) is 18.0. The fourth-order valence-electron chi connectivity index (χ4n) is 9.06. The number of hydrogen-bond acceptors (Lipinski definition) is 2. The number of benzene rings is 8. The van der Waals surface area contributed by atoms with Crippen molar-refractivity contribution < 1.29 is 4.74 Å². The largest absolute Gasteiger partial charge is 0.457 e. The minimum Gasteiger partial charge on any atom is -0.457 e. The summed E-state index contributed by atoms with van der Waals surface area (Å²) in [5.41, 5.74) is 14.3. The van der Waals surface area contributed by atoms with Crippen molar-refractivity contribution >= 4 is 22.2 Å². The van der Waals surface area contributed by atoms with E-state index in [0.717, 1.165) is 11.5 Å². The van der Waals surface area contributed by atoms with Crippen molar-refractivity contribution in [3.63, 3.8) is 0 Å². The van der Waals surface area contributed by atoms with Gasteiger partial charge in [0.1, 0.15) is 11.5 Å². The van der Waals surface area contributed by atoms with Gasteiger partial charge in [-0.15, -0.1) is 0 Å². The highest BCUT2D eigenvalue weighted by Gasteiger charge is 2.52. The molecule has 0 fully saturated rings. The lowest BCUT2D eigenvalue weighted by atomic mass is 9.66. The van der Waals surface area contributed by atoms with Gasteiger partial charge in [0.2, 0.25) is 0 Å². The minimum atomic E-state index is -0.551. The zero-order valence-electron chi connectivity index (χ0n) is 28.4. The monoisotopic (exact) mass is 663 g/mol. The van der Waals surface area contributed by atoms with Gasteiger partial charge in [0.15, 0.2) is 0 Å². The van der Waals surface area contributed by atoms with Gasteiger partial charge in [-0.3, -0.25) is 0 Å². The fraction of sp³-hybridized carbons (Fsp3) is 0.0400. The molecule has 2 heteroatoms. The number of para-hydroxylation sites is 2. The molecular weight excluding hydrogens is 631 g/mol. The third-order valence-electron chi connectivity index (χ3n) is 11.3. The van der Waals surface area contributed by atoms with Crippen LogP contribution in [0.4, 0.5) is 5.69 Å². The zero-order chi connectivity index (χ0) is 34.2. The summed E-state index contributed by atoms with van der Waals surface area (Å²) in [4.78, 5) is 2.57. The number of rotatable bonds is 4. The number of ether oxygens (including phenoxy) is 1. The summed E-state index contributed by atoms with van der Waals surface area (Å²) in [6.45, 7) is 0. The molecule has 0 bridgehead atoms. The van der Waals surface area contributed by atoms with Crippen LogP contribution < -0.4 is 9.64 Å². The maximum Gasteiger partial charge on any atom is 0.132 e. The lowest BCUT2D eigenvalue weighted by Crippen LogP contribution is -2.35. The van der Waals surface area contributed by atoms with E-state index in [-0.39, 0.29) is 6.04 Å². The van der Waals surface area contributed by atoms with Gasteiger partial charge in [-0.25, -0.2) is 0 Å². The Morgan fingerprint density at radius 2 is 1.00 bits per heavy atom. The highest BCUT2D eigenvalue weighted by atomic mass is 16.5. The molecular formula is C50H33NO. The first kappa shape index (κ1) is 29.1. The Kier molecular flexibility index (Phi) is 6.26. The summed E-state index contributed by atoms with van der Waals surface area (Å²) >= 11 is 0. The molecule has 0 aromatic heterocycles. The van der Waals surface area contributed by atoms with Gasteiger partial charge in [-0.1, -0.05) is 158 Å². The Hall–Kier alpha value is -6.64. The molecule has 2 nitrogen and oxygen atoms in total. The van der Waals surface area contributed by atoms with E-state index >= 15 is 0 Å². The number of nitrogens with zero attached hydrogens (tertiary/aromatic N) is 1. The molecule has 2 heterocycles. The molecule has 1 spiro atoms. The second-order valence-electron chi connectivity index (χ2n) is 14.0. The van der Waals surface area contributed by atoms with Crippen LogP contribution in [0.2, 0.25) is 0 Å². The van der Waals surface area contributed by atoms with Gasteiger partial charge in [0.25, 0.3) is 0 Å². The number of fused-ring (bicyclic) bond motifs is 10. The van der Waals surface area contributed by atoms with E-state index in [1.807, 2.05) is 0 Å². The Morgan fingerprint density at radius 3 is 1.69 bits per heavy atom. The summed E-state index contributed by atoms with van der Waals surface area (Å²) in [7, 11) is 0. The maximum atomic E-state index is 6.66. The average molecular weight is 664 g/mol. The van der Waals surface area contributed by atoms with Gasteiger partial charge in [-0.2, -0.15) is 0 Å². The van der Waals surface area contributed by atoms with Crippen molar-refractivity contribution in [2.45, 2.75) is 11.5 Å². The van der Waals surface area contributed by atoms with Crippen molar-refractivity contribution in [2.75, 3.05) is 4.90 Å².